The van der Waals surface area contributed by atoms with E-state index in [1.165, 1.54) is 12.1 Å². The average Bonchev–Trinajstić information content (AvgIpc) is 3.03. The Labute approximate surface area is 163 Å². The van der Waals surface area contributed by atoms with Crippen molar-refractivity contribution < 1.29 is 27.5 Å². The van der Waals surface area contributed by atoms with Crippen molar-refractivity contribution in [2.45, 2.75) is 18.5 Å². The highest BCUT2D eigenvalue weighted by molar-refractivity contribution is 6.30. The lowest BCUT2D eigenvalue weighted by atomic mass is 9.84. The number of esters is 1. The van der Waals surface area contributed by atoms with Crippen molar-refractivity contribution >= 4 is 29.2 Å². The second-order valence-electron chi connectivity index (χ2n) is 6.52. The molecule has 1 unspecified atom stereocenters. The zero-order valence-corrected chi connectivity index (χ0v) is 15.1. The van der Waals surface area contributed by atoms with E-state index in [-0.39, 0.29) is 24.4 Å². The summed E-state index contributed by atoms with van der Waals surface area (Å²) in [6, 6.07) is 11.2. The minimum Gasteiger partial charge on any atom is -0.456 e. The molecule has 28 heavy (non-hydrogen) atoms. The van der Waals surface area contributed by atoms with Crippen LogP contribution in [0.2, 0.25) is 5.02 Å². The molecule has 2 heterocycles. The maximum Gasteiger partial charge on any atom is 0.416 e. The first-order valence-corrected chi connectivity index (χ1v) is 8.79. The lowest BCUT2D eigenvalue weighted by Crippen LogP contribution is -2.37. The second-order valence-corrected chi connectivity index (χ2v) is 6.96. The number of amides is 1. The molecule has 1 atom stereocenters. The molecule has 0 aromatic heterocycles. The van der Waals surface area contributed by atoms with Crippen LogP contribution in [0, 0.1) is 0 Å². The van der Waals surface area contributed by atoms with Gasteiger partial charge < -0.3 is 4.74 Å². The number of hydrogen-bond donors (Lipinski definition) is 0. The van der Waals surface area contributed by atoms with Gasteiger partial charge in [-0.1, -0.05) is 29.8 Å². The Hall–Kier alpha value is -2.80. The monoisotopic (exact) mass is 407 g/mol. The van der Waals surface area contributed by atoms with Crippen LogP contribution in [0.1, 0.15) is 23.5 Å². The van der Waals surface area contributed by atoms with Gasteiger partial charge in [0, 0.05) is 23.0 Å². The highest BCUT2D eigenvalue weighted by atomic mass is 35.5. The van der Waals surface area contributed by atoms with Crippen LogP contribution in [0.3, 0.4) is 0 Å². The van der Waals surface area contributed by atoms with Gasteiger partial charge in [0.15, 0.2) is 0 Å². The van der Waals surface area contributed by atoms with E-state index < -0.39 is 29.5 Å². The number of hydrogen-bond acceptors (Lipinski definition) is 3. The fourth-order valence-electron chi connectivity index (χ4n) is 3.55. The van der Waals surface area contributed by atoms with E-state index in [4.69, 9.17) is 16.3 Å². The van der Waals surface area contributed by atoms with E-state index in [0.29, 0.717) is 16.2 Å². The molecule has 0 spiro atoms. The number of rotatable bonds is 2. The maximum absolute atomic E-state index is 13.1. The average molecular weight is 408 g/mol. The number of carbonyl (C=O) groups excluding carboxylic acids is 2. The first-order valence-electron chi connectivity index (χ1n) is 8.41. The third kappa shape index (κ3) is 3.16. The maximum atomic E-state index is 13.1. The van der Waals surface area contributed by atoms with Gasteiger partial charge in [-0.15, -0.1) is 0 Å². The number of benzene rings is 2. The van der Waals surface area contributed by atoms with Crippen LogP contribution in [0.15, 0.2) is 59.8 Å². The van der Waals surface area contributed by atoms with E-state index in [9.17, 15) is 22.8 Å². The summed E-state index contributed by atoms with van der Waals surface area (Å²) in [5.74, 6) is -1.51. The minimum absolute atomic E-state index is 0.0557. The third-order valence-electron chi connectivity index (χ3n) is 4.82. The Morgan fingerprint density at radius 1 is 1.07 bits per heavy atom. The van der Waals surface area contributed by atoms with Gasteiger partial charge in [-0.05, 0) is 35.9 Å². The predicted molar refractivity (Wildman–Crippen MR) is 95.7 cm³/mol. The molecular weight excluding hydrogens is 395 g/mol. The minimum atomic E-state index is -4.54. The number of carbonyl (C=O) groups is 2. The van der Waals surface area contributed by atoms with E-state index >= 15 is 0 Å². The van der Waals surface area contributed by atoms with E-state index in [1.807, 2.05) is 0 Å². The number of anilines is 1. The van der Waals surface area contributed by atoms with Crippen molar-refractivity contribution in [2.75, 3.05) is 11.5 Å². The number of ether oxygens (including phenoxy) is 1. The number of halogens is 4. The van der Waals surface area contributed by atoms with Crippen LogP contribution in [0.4, 0.5) is 18.9 Å². The van der Waals surface area contributed by atoms with Crippen LogP contribution < -0.4 is 4.90 Å². The van der Waals surface area contributed by atoms with E-state index in [1.54, 1.807) is 24.3 Å². The molecule has 0 saturated heterocycles. The summed E-state index contributed by atoms with van der Waals surface area (Å²) in [4.78, 5) is 26.4. The summed E-state index contributed by atoms with van der Waals surface area (Å²) in [7, 11) is 0. The van der Waals surface area contributed by atoms with Crippen LogP contribution in [0.25, 0.3) is 0 Å². The molecule has 0 radical (unpaired) electrons. The van der Waals surface area contributed by atoms with Crippen molar-refractivity contribution in [2.24, 2.45) is 0 Å². The Bertz CT molecular complexity index is 999. The number of nitrogens with zero attached hydrogens (tertiary/aromatic N) is 1. The molecule has 144 valence electrons. The summed E-state index contributed by atoms with van der Waals surface area (Å²) in [5.41, 5.74) is 0.470. The van der Waals surface area contributed by atoms with Gasteiger partial charge in [-0.3, -0.25) is 9.69 Å². The Balaban J connectivity index is 1.81. The molecule has 8 heteroatoms. The van der Waals surface area contributed by atoms with Gasteiger partial charge >= 0.3 is 12.1 Å². The summed E-state index contributed by atoms with van der Waals surface area (Å²) >= 11 is 5.90. The smallest absolute Gasteiger partial charge is 0.416 e. The summed E-state index contributed by atoms with van der Waals surface area (Å²) in [5, 5.41) is 0.514. The van der Waals surface area contributed by atoms with Crippen molar-refractivity contribution in [3.05, 3.63) is 76.0 Å². The molecule has 4 nitrogen and oxygen atoms in total. The van der Waals surface area contributed by atoms with Gasteiger partial charge in [-0.25, -0.2) is 4.79 Å². The van der Waals surface area contributed by atoms with Crippen LogP contribution >= 0.6 is 11.6 Å². The molecule has 0 fully saturated rings. The molecular formula is C20H13ClF3NO3. The van der Waals surface area contributed by atoms with Crippen molar-refractivity contribution in [3.63, 3.8) is 0 Å². The number of cyclic esters (lactones) is 1. The normalized spacial score (nSPS) is 19.7. The summed E-state index contributed by atoms with van der Waals surface area (Å²) in [6.07, 6.45) is -4.61. The third-order valence-corrected chi connectivity index (χ3v) is 5.07. The predicted octanol–water partition coefficient (Wildman–Crippen LogP) is 4.69. The first-order chi connectivity index (χ1) is 13.3. The van der Waals surface area contributed by atoms with Gasteiger partial charge in [0.1, 0.15) is 6.61 Å². The highest BCUT2D eigenvalue weighted by Crippen LogP contribution is 2.42. The molecule has 0 bridgehead atoms. The van der Waals surface area contributed by atoms with Gasteiger partial charge in [-0.2, -0.15) is 13.2 Å². The molecule has 2 aromatic carbocycles. The fraction of sp³-hybridized carbons (Fsp3) is 0.200. The molecule has 2 aromatic rings. The first kappa shape index (κ1) is 18.6. The summed E-state index contributed by atoms with van der Waals surface area (Å²) < 4.78 is 44.3. The quantitative estimate of drug-likeness (QED) is 0.678. The molecule has 2 aliphatic rings. The Kier molecular flexibility index (Phi) is 4.42. The molecule has 2 aliphatic heterocycles. The standard InChI is InChI=1S/C20H13ClF3NO3/c21-13-6-4-11(5-7-13)15-9-17(26)25(16-10-28-19(27)18(15)16)14-3-1-2-12(8-14)20(22,23)24/h1-8,15H,9-10H2. The van der Waals surface area contributed by atoms with Gasteiger partial charge in [0.2, 0.25) is 5.91 Å². The van der Waals surface area contributed by atoms with Gasteiger partial charge in [0.05, 0.1) is 16.8 Å². The van der Waals surface area contributed by atoms with E-state index in [0.717, 1.165) is 17.0 Å². The molecule has 0 N–H and O–H groups in total. The zero-order valence-electron chi connectivity index (χ0n) is 14.3. The zero-order chi connectivity index (χ0) is 20.1. The van der Waals surface area contributed by atoms with Crippen LogP contribution in [-0.4, -0.2) is 18.5 Å². The SMILES string of the molecule is O=C1OCC2=C1C(c1ccc(Cl)cc1)CC(=O)N2c1cccc(C(F)(F)F)c1. The molecule has 0 aliphatic carbocycles. The lowest BCUT2D eigenvalue weighted by Gasteiger charge is -2.32. The van der Waals surface area contributed by atoms with Gasteiger partial charge in [0.25, 0.3) is 0 Å². The Morgan fingerprint density at radius 3 is 2.46 bits per heavy atom. The number of alkyl halides is 3. The largest absolute Gasteiger partial charge is 0.456 e. The van der Waals surface area contributed by atoms with Crippen LogP contribution in [0.5, 0.6) is 0 Å². The second kappa shape index (κ2) is 6.67. The molecule has 0 saturated carbocycles. The van der Waals surface area contributed by atoms with E-state index in [2.05, 4.69) is 0 Å². The molecule has 1 amide bonds. The lowest BCUT2D eigenvalue weighted by molar-refractivity contribution is -0.138. The van der Waals surface area contributed by atoms with Crippen molar-refractivity contribution in [1.29, 1.82) is 0 Å². The fourth-order valence-corrected chi connectivity index (χ4v) is 3.68. The van der Waals surface area contributed by atoms with Crippen LogP contribution in [-0.2, 0) is 20.5 Å². The summed E-state index contributed by atoms with van der Waals surface area (Å²) in [6.45, 7) is -0.166. The molecule has 4 rings (SSSR count). The topological polar surface area (TPSA) is 46.6 Å². The van der Waals surface area contributed by atoms with Crippen molar-refractivity contribution in [3.8, 4) is 0 Å². The highest BCUT2D eigenvalue weighted by Gasteiger charge is 2.43. The Morgan fingerprint density at radius 2 is 1.79 bits per heavy atom. The van der Waals surface area contributed by atoms with Crippen molar-refractivity contribution in [1.82, 2.24) is 0 Å².